The summed E-state index contributed by atoms with van der Waals surface area (Å²) in [6.07, 6.45) is 3.19. The Hall–Kier alpha value is -1.15. The number of halogens is 2. The molecule has 144 valence electrons. The van der Waals surface area contributed by atoms with E-state index in [1.165, 1.54) is 12.1 Å². The van der Waals surface area contributed by atoms with Crippen molar-refractivity contribution in [2.24, 2.45) is 0 Å². The summed E-state index contributed by atoms with van der Waals surface area (Å²) < 4.78 is 31.0. The summed E-state index contributed by atoms with van der Waals surface area (Å²) in [6, 6.07) is 6.43. The molecule has 0 radical (unpaired) electrons. The Labute approximate surface area is 165 Å². The van der Waals surface area contributed by atoms with E-state index in [0.29, 0.717) is 30.1 Å². The van der Waals surface area contributed by atoms with Gasteiger partial charge in [-0.2, -0.15) is 4.98 Å². The number of nitrogens with zero attached hydrogens (tertiary/aromatic N) is 2. The zero-order valence-electron chi connectivity index (χ0n) is 14.7. The molecule has 9 heteroatoms. The Bertz CT molecular complexity index is 831. The number of rotatable bonds is 6. The van der Waals surface area contributed by atoms with Crippen LogP contribution in [0.2, 0.25) is 5.02 Å². The third-order valence-corrected chi connectivity index (χ3v) is 7.65. The molecular formula is C17H23Cl2N3O3S. The Kier molecular flexibility index (Phi) is 6.71. The zero-order valence-corrected chi connectivity index (χ0v) is 17.1. The van der Waals surface area contributed by atoms with E-state index < -0.39 is 14.6 Å². The summed E-state index contributed by atoms with van der Waals surface area (Å²) in [4.78, 5) is 4.68. The van der Waals surface area contributed by atoms with E-state index in [4.69, 9.17) is 16.1 Å². The maximum absolute atomic E-state index is 13.4. The van der Waals surface area contributed by atoms with Crippen LogP contribution in [0.5, 0.6) is 0 Å². The van der Waals surface area contributed by atoms with Gasteiger partial charge in [0.25, 0.3) is 0 Å². The lowest BCUT2D eigenvalue weighted by Gasteiger charge is -2.24. The first kappa shape index (κ1) is 21.2. The molecule has 0 saturated heterocycles. The number of nitrogens with one attached hydrogen (secondary N) is 1. The van der Waals surface area contributed by atoms with Crippen LogP contribution in [-0.4, -0.2) is 31.6 Å². The molecule has 1 aromatic heterocycles. The van der Waals surface area contributed by atoms with Crippen LogP contribution >= 0.6 is 24.0 Å². The Morgan fingerprint density at radius 2 is 1.88 bits per heavy atom. The number of aromatic nitrogens is 2. The Balaban J connectivity index is 0.00000243. The predicted octanol–water partition coefficient (Wildman–Crippen LogP) is 3.54. The minimum atomic E-state index is -3.66. The lowest BCUT2D eigenvalue weighted by atomic mass is 10.1. The standard InChI is InChI=1S/C17H22ClN3O3S.ClH/c1-12(19-2)11-15-20-16(24-21-15)17(9-3-4-10-17)25(22,23)14-7-5-13(18)6-8-14;/h5-8,12,19H,3-4,9-11H2,1-2H3;1H. The minimum Gasteiger partial charge on any atom is -0.338 e. The fraction of sp³-hybridized carbons (Fsp3) is 0.529. The van der Waals surface area contributed by atoms with Crippen molar-refractivity contribution in [2.45, 2.75) is 54.7 Å². The molecule has 3 rings (SSSR count). The van der Waals surface area contributed by atoms with Crippen molar-refractivity contribution >= 4 is 33.8 Å². The number of hydrogen-bond donors (Lipinski definition) is 1. The molecule has 1 aliphatic rings. The van der Waals surface area contributed by atoms with Gasteiger partial charge in [-0.05, 0) is 51.1 Å². The van der Waals surface area contributed by atoms with Gasteiger partial charge in [0.1, 0.15) is 0 Å². The first-order valence-electron chi connectivity index (χ1n) is 8.39. The minimum absolute atomic E-state index is 0. The summed E-state index contributed by atoms with van der Waals surface area (Å²) in [7, 11) is -1.81. The molecule has 1 N–H and O–H groups in total. The first-order valence-corrected chi connectivity index (χ1v) is 10.3. The molecule has 0 bridgehead atoms. The van der Waals surface area contributed by atoms with Gasteiger partial charge < -0.3 is 9.84 Å². The van der Waals surface area contributed by atoms with Crippen LogP contribution in [0.1, 0.15) is 44.3 Å². The number of likely N-dealkylation sites (N-methyl/N-ethyl adjacent to an activating group) is 1. The normalized spacial score (nSPS) is 17.7. The summed E-state index contributed by atoms with van der Waals surface area (Å²) in [6.45, 7) is 2.01. The molecule has 2 aromatic rings. The highest BCUT2D eigenvalue weighted by Crippen LogP contribution is 2.47. The molecule has 0 spiro atoms. The van der Waals surface area contributed by atoms with Crippen molar-refractivity contribution in [3.05, 3.63) is 41.0 Å². The number of sulfone groups is 1. The average Bonchev–Trinajstić information content (AvgIpc) is 3.25. The quantitative estimate of drug-likeness (QED) is 0.770. The van der Waals surface area contributed by atoms with Gasteiger partial charge in [0.05, 0.1) is 4.90 Å². The van der Waals surface area contributed by atoms with Gasteiger partial charge in [-0.1, -0.05) is 29.6 Å². The van der Waals surface area contributed by atoms with Gasteiger partial charge in [-0.3, -0.25) is 0 Å². The fourth-order valence-corrected chi connectivity index (χ4v) is 5.49. The molecule has 0 aliphatic heterocycles. The predicted molar refractivity (Wildman–Crippen MR) is 103 cm³/mol. The van der Waals surface area contributed by atoms with E-state index in [1.54, 1.807) is 12.1 Å². The topological polar surface area (TPSA) is 85.1 Å². The fourth-order valence-electron chi connectivity index (χ4n) is 3.28. The van der Waals surface area contributed by atoms with Crippen LogP contribution in [0.25, 0.3) is 0 Å². The van der Waals surface area contributed by atoms with Crippen molar-refractivity contribution in [1.82, 2.24) is 15.5 Å². The zero-order chi connectivity index (χ0) is 18.1. The average molecular weight is 420 g/mol. The molecular weight excluding hydrogens is 397 g/mol. The lowest BCUT2D eigenvalue weighted by molar-refractivity contribution is 0.327. The maximum atomic E-state index is 13.4. The van der Waals surface area contributed by atoms with Gasteiger partial charge in [0, 0.05) is 17.5 Å². The van der Waals surface area contributed by atoms with Gasteiger partial charge in [0.15, 0.2) is 20.4 Å². The van der Waals surface area contributed by atoms with Crippen molar-refractivity contribution in [3.63, 3.8) is 0 Å². The number of benzene rings is 1. The highest BCUT2D eigenvalue weighted by atomic mass is 35.5. The second-order valence-corrected chi connectivity index (χ2v) is 9.26. The van der Waals surface area contributed by atoms with Gasteiger partial charge >= 0.3 is 0 Å². The molecule has 0 amide bonds. The van der Waals surface area contributed by atoms with Crippen molar-refractivity contribution in [1.29, 1.82) is 0 Å². The van der Waals surface area contributed by atoms with Crippen LogP contribution < -0.4 is 5.32 Å². The molecule has 1 saturated carbocycles. The van der Waals surface area contributed by atoms with E-state index >= 15 is 0 Å². The summed E-state index contributed by atoms with van der Waals surface area (Å²) in [5.74, 6) is 0.729. The van der Waals surface area contributed by atoms with Crippen LogP contribution in [0.3, 0.4) is 0 Å². The summed E-state index contributed by atoms with van der Waals surface area (Å²) >= 11 is 5.90. The summed E-state index contributed by atoms with van der Waals surface area (Å²) in [5, 5.41) is 7.61. The van der Waals surface area contributed by atoms with E-state index in [2.05, 4.69) is 15.5 Å². The lowest BCUT2D eigenvalue weighted by Crippen LogP contribution is -2.33. The van der Waals surface area contributed by atoms with E-state index in [0.717, 1.165) is 12.8 Å². The van der Waals surface area contributed by atoms with Crippen LogP contribution in [0.4, 0.5) is 0 Å². The highest BCUT2D eigenvalue weighted by molar-refractivity contribution is 7.92. The van der Waals surface area contributed by atoms with Crippen molar-refractivity contribution in [3.8, 4) is 0 Å². The molecule has 1 atom stereocenters. The molecule has 26 heavy (non-hydrogen) atoms. The molecule has 6 nitrogen and oxygen atoms in total. The molecule has 1 heterocycles. The SMILES string of the molecule is CNC(C)Cc1noc(C2(S(=O)(=O)c3ccc(Cl)cc3)CCCC2)n1.Cl. The smallest absolute Gasteiger partial charge is 0.248 e. The van der Waals surface area contributed by atoms with E-state index in [-0.39, 0.29) is 29.2 Å². The van der Waals surface area contributed by atoms with Gasteiger partial charge in [0.2, 0.25) is 5.89 Å². The number of hydrogen-bond acceptors (Lipinski definition) is 6. The molecule has 1 aromatic carbocycles. The van der Waals surface area contributed by atoms with Gasteiger partial charge in [-0.15, -0.1) is 12.4 Å². The second kappa shape index (κ2) is 8.25. The van der Waals surface area contributed by atoms with E-state index in [9.17, 15) is 8.42 Å². The van der Waals surface area contributed by atoms with Crippen LogP contribution in [-0.2, 0) is 21.0 Å². The largest absolute Gasteiger partial charge is 0.338 e. The van der Waals surface area contributed by atoms with Crippen molar-refractivity contribution < 1.29 is 12.9 Å². The maximum Gasteiger partial charge on any atom is 0.248 e. The van der Waals surface area contributed by atoms with Crippen LogP contribution in [0.15, 0.2) is 33.7 Å². The Morgan fingerprint density at radius 3 is 2.46 bits per heavy atom. The molecule has 1 aliphatic carbocycles. The highest BCUT2D eigenvalue weighted by Gasteiger charge is 2.52. The summed E-state index contributed by atoms with van der Waals surface area (Å²) in [5.41, 5.74) is 0. The van der Waals surface area contributed by atoms with Gasteiger partial charge in [-0.25, -0.2) is 8.42 Å². The van der Waals surface area contributed by atoms with Crippen LogP contribution in [0, 0.1) is 0 Å². The molecule has 1 unspecified atom stereocenters. The Morgan fingerprint density at radius 1 is 1.27 bits per heavy atom. The monoisotopic (exact) mass is 419 g/mol. The van der Waals surface area contributed by atoms with Crippen molar-refractivity contribution in [2.75, 3.05) is 7.05 Å². The third kappa shape index (κ3) is 3.76. The third-order valence-electron chi connectivity index (χ3n) is 4.89. The first-order chi connectivity index (χ1) is 11.9. The van der Waals surface area contributed by atoms with E-state index in [1.807, 2.05) is 14.0 Å². The molecule has 1 fully saturated rings. The second-order valence-electron chi connectivity index (χ2n) is 6.57.